The van der Waals surface area contributed by atoms with Gasteiger partial charge in [-0.25, -0.2) is 13.6 Å². The highest BCUT2D eigenvalue weighted by molar-refractivity contribution is 7.89. The van der Waals surface area contributed by atoms with Gasteiger partial charge in [-0.1, -0.05) is 23.2 Å². The van der Waals surface area contributed by atoms with E-state index < -0.39 is 10.0 Å². The number of hydrogen-bond acceptors (Lipinski definition) is 5. The molecule has 1 aliphatic heterocycles. The van der Waals surface area contributed by atoms with Crippen molar-refractivity contribution in [2.24, 2.45) is 5.14 Å². The quantitative estimate of drug-likeness (QED) is 0.862. The van der Waals surface area contributed by atoms with Crippen molar-refractivity contribution in [3.63, 3.8) is 0 Å². The van der Waals surface area contributed by atoms with Crippen LogP contribution < -0.4 is 9.88 Å². The van der Waals surface area contributed by atoms with Crippen LogP contribution in [0.4, 0.5) is 0 Å². The van der Waals surface area contributed by atoms with Crippen LogP contribution in [0.25, 0.3) is 0 Å². The van der Waals surface area contributed by atoms with Crippen LogP contribution >= 0.6 is 23.2 Å². The predicted octanol–water partition coefficient (Wildman–Crippen LogP) is 1.35. The maximum atomic E-state index is 11.3. The number of rotatable bonds is 5. The lowest BCUT2D eigenvalue weighted by atomic mass is 10.3. The fourth-order valence-electron chi connectivity index (χ4n) is 1.95. The maximum Gasteiger partial charge on any atom is 0.239 e. The van der Waals surface area contributed by atoms with E-state index in [0.29, 0.717) is 12.4 Å². The van der Waals surface area contributed by atoms with Crippen molar-refractivity contribution in [1.29, 1.82) is 0 Å². The molecule has 1 aromatic carbocycles. The van der Waals surface area contributed by atoms with Gasteiger partial charge in [-0.15, -0.1) is 0 Å². The second-order valence-electron chi connectivity index (χ2n) is 4.56. The fraction of sp³-hybridized carbons (Fsp3) is 0.500. The Morgan fingerprint density at radius 1 is 1.24 bits per heavy atom. The third kappa shape index (κ3) is 4.70. The van der Waals surface area contributed by atoms with Gasteiger partial charge in [0.15, 0.2) is 0 Å². The molecule has 2 rings (SSSR count). The summed E-state index contributed by atoms with van der Waals surface area (Å²) in [5.41, 5.74) is 0. The summed E-state index contributed by atoms with van der Waals surface area (Å²) in [5.74, 6) is 0.335. The van der Waals surface area contributed by atoms with Crippen molar-refractivity contribution in [3.8, 4) is 5.75 Å². The van der Waals surface area contributed by atoms with Gasteiger partial charge in [0, 0.05) is 25.7 Å². The number of halogens is 2. The van der Waals surface area contributed by atoms with Crippen molar-refractivity contribution in [2.75, 3.05) is 39.5 Å². The fourth-order valence-corrected chi connectivity index (χ4v) is 3.32. The van der Waals surface area contributed by atoms with E-state index in [1.807, 2.05) is 0 Å². The molecule has 1 saturated heterocycles. The van der Waals surface area contributed by atoms with Gasteiger partial charge in [0.05, 0.1) is 23.3 Å². The van der Waals surface area contributed by atoms with Crippen LogP contribution in [0, 0.1) is 0 Å². The Labute approximate surface area is 133 Å². The number of sulfonamides is 1. The van der Waals surface area contributed by atoms with Crippen LogP contribution in [0.5, 0.6) is 5.75 Å². The predicted molar refractivity (Wildman–Crippen MR) is 80.6 cm³/mol. The summed E-state index contributed by atoms with van der Waals surface area (Å²) < 4.78 is 33.4. The number of benzene rings is 1. The molecule has 118 valence electrons. The minimum Gasteiger partial charge on any atom is -0.491 e. The average molecular weight is 355 g/mol. The molecule has 1 aliphatic rings. The van der Waals surface area contributed by atoms with Gasteiger partial charge in [-0.05, 0) is 6.07 Å². The second-order valence-corrected chi connectivity index (χ2v) is 6.90. The molecule has 9 heteroatoms. The standard InChI is InChI=1S/C12H16Cl2N2O4S/c13-9-8-12(21(15,17)18)10(14)7-11(9)20-6-3-16-1-4-19-5-2-16/h7-8H,1-6H2,(H2,15,17,18). The molecule has 0 bridgehead atoms. The first kappa shape index (κ1) is 16.8. The SMILES string of the molecule is NS(=O)(=O)c1cc(Cl)c(OCCN2CCOCC2)cc1Cl. The van der Waals surface area contributed by atoms with Crippen LogP contribution in [-0.4, -0.2) is 52.8 Å². The zero-order valence-electron chi connectivity index (χ0n) is 11.2. The lowest BCUT2D eigenvalue weighted by Gasteiger charge is -2.26. The Kier molecular flexibility index (Phi) is 5.70. The number of ether oxygens (including phenoxy) is 2. The smallest absolute Gasteiger partial charge is 0.239 e. The first-order chi connectivity index (χ1) is 9.88. The van der Waals surface area contributed by atoms with Gasteiger partial charge in [0.1, 0.15) is 17.3 Å². The van der Waals surface area contributed by atoms with Gasteiger partial charge in [-0.2, -0.15) is 0 Å². The van der Waals surface area contributed by atoms with Crippen molar-refractivity contribution < 1.29 is 17.9 Å². The molecule has 0 aliphatic carbocycles. The van der Waals surface area contributed by atoms with E-state index in [2.05, 4.69) is 4.90 Å². The lowest BCUT2D eigenvalue weighted by Crippen LogP contribution is -2.38. The molecular formula is C12H16Cl2N2O4S. The number of primary sulfonamides is 1. The Morgan fingerprint density at radius 2 is 1.90 bits per heavy atom. The zero-order chi connectivity index (χ0) is 15.5. The largest absolute Gasteiger partial charge is 0.491 e. The first-order valence-corrected chi connectivity index (χ1v) is 8.63. The summed E-state index contributed by atoms with van der Waals surface area (Å²) in [6.45, 7) is 4.31. The van der Waals surface area contributed by atoms with Gasteiger partial charge in [0.25, 0.3) is 0 Å². The Hall–Kier alpha value is -0.570. The third-order valence-corrected chi connectivity index (χ3v) is 4.73. The molecule has 0 spiro atoms. The van der Waals surface area contributed by atoms with Crippen molar-refractivity contribution in [2.45, 2.75) is 4.90 Å². The maximum absolute atomic E-state index is 11.3. The molecule has 1 heterocycles. The summed E-state index contributed by atoms with van der Waals surface area (Å²) in [5, 5.41) is 5.19. The average Bonchev–Trinajstić information content (AvgIpc) is 2.42. The molecule has 0 radical (unpaired) electrons. The number of nitrogens with two attached hydrogens (primary N) is 1. The molecule has 1 aromatic rings. The Bertz CT molecular complexity index is 604. The van der Waals surface area contributed by atoms with E-state index in [1.54, 1.807) is 0 Å². The van der Waals surface area contributed by atoms with Crippen LogP contribution in [0.1, 0.15) is 0 Å². The van der Waals surface area contributed by atoms with Crippen molar-refractivity contribution in [3.05, 3.63) is 22.2 Å². The molecule has 1 fully saturated rings. The summed E-state index contributed by atoms with van der Waals surface area (Å²) >= 11 is 11.9. The highest BCUT2D eigenvalue weighted by Crippen LogP contribution is 2.33. The number of hydrogen-bond donors (Lipinski definition) is 1. The normalized spacial score (nSPS) is 16.9. The van der Waals surface area contributed by atoms with Gasteiger partial charge < -0.3 is 9.47 Å². The molecule has 0 unspecified atom stereocenters. The number of morpholine rings is 1. The first-order valence-electron chi connectivity index (χ1n) is 6.32. The van der Waals surface area contributed by atoms with Gasteiger partial charge in [-0.3, -0.25) is 4.90 Å². The monoisotopic (exact) mass is 354 g/mol. The molecule has 0 atom stereocenters. The second kappa shape index (κ2) is 7.13. The third-order valence-electron chi connectivity index (χ3n) is 3.06. The van der Waals surface area contributed by atoms with Gasteiger partial charge >= 0.3 is 0 Å². The topological polar surface area (TPSA) is 81.9 Å². The van der Waals surface area contributed by atoms with E-state index in [1.165, 1.54) is 12.1 Å². The molecular weight excluding hydrogens is 339 g/mol. The van der Waals surface area contributed by atoms with E-state index in [0.717, 1.165) is 32.8 Å². The number of nitrogens with zero attached hydrogens (tertiary/aromatic N) is 1. The van der Waals surface area contributed by atoms with Crippen LogP contribution in [0.2, 0.25) is 10.0 Å². The van der Waals surface area contributed by atoms with E-state index >= 15 is 0 Å². The van der Waals surface area contributed by atoms with Crippen molar-refractivity contribution >= 4 is 33.2 Å². The van der Waals surface area contributed by atoms with E-state index in [9.17, 15) is 8.42 Å². The molecule has 2 N–H and O–H groups in total. The van der Waals surface area contributed by atoms with Crippen LogP contribution in [0.15, 0.2) is 17.0 Å². The minimum atomic E-state index is -3.90. The Morgan fingerprint density at radius 3 is 2.52 bits per heavy atom. The Balaban J connectivity index is 1.99. The highest BCUT2D eigenvalue weighted by Gasteiger charge is 2.17. The zero-order valence-corrected chi connectivity index (χ0v) is 13.5. The van der Waals surface area contributed by atoms with E-state index in [-0.39, 0.29) is 14.9 Å². The summed E-state index contributed by atoms with van der Waals surface area (Å²) in [6.07, 6.45) is 0. The highest BCUT2D eigenvalue weighted by atomic mass is 35.5. The summed E-state index contributed by atoms with van der Waals surface area (Å²) in [7, 11) is -3.90. The molecule has 0 amide bonds. The minimum absolute atomic E-state index is 0.0109. The van der Waals surface area contributed by atoms with Crippen molar-refractivity contribution in [1.82, 2.24) is 4.90 Å². The molecule has 0 saturated carbocycles. The molecule has 6 nitrogen and oxygen atoms in total. The van der Waals surface area contributed by atoms with Gasteiger partial charge in [0.2, 0.25) is 10.0 Å². The van der Waals surface area contributed by atoms with Crippen LogP contribution in [0.3, 0.4) is 0 Å². The molecule has 21 heavy (non-hydrogen) atoms. The van der Waals surface area contributed by atoms with Crippen LogP contribution in [-0.2, 0) is 14.8 Å². The lowest BCUT2D eigenvalue weighted by molar-refractivity contribution is 0.0322. The summed E-state index contributed by atoms with van der Waals surface area (Å²) in [6, 6.07) is 2.56. The summed E-state index contributed by atoms with van der Waals surface area (Å²) in [4.78, 5) is 1.99. The van der Waals surface area contributed by atoms with E-state index in [4.69, 9.17) is 37.8 Å². The molecule has 0 aromatic heterocycles.